The standard InChI is InChI=1S/C18H22F2N2O2/c19-14-7-4-8-15(20)16(14)18(24)9-11-22(12-10-18)17(23)21-13-5-2-1-3-6-13/h1-2,4,7-8,13,24H,3,5-6,9-12H2,(H,21,23)/t13-/m0/s1. The minimum atomic E-state index is -1.57. The normalized spacial score (nSPS) is 23.1. The Morgan fingerprint density at radius 3 is 2.46 bits per heavy atom. The summed E-state index contributed by atoms with van der Waals surface area (Å²) in [4.78, 5) is 13.9. The predicted molar refractivity (Wildman–Crippen MR) is 86.4 cm³/mol. The van der Waals surface area contributed by atoms with Gasteiger partial charge in [0, 0.05) is 19.1 Å². The fraction of sp³-hybridized carbons (Fsp3) is 0.500. The molecule has 1 aromatic rings. The van der Waals surface area contributed by atoms with Crippen LogP contribution in [0.5, 0.6) is 0 Å². The highest BCUT2D eigenvalue weighted by Gasteiger charge is 2.39. The molecule has 0 radical (unpaired) electrons. The van der Waals surface area contributed by atoms with Crippen molar-refractivity contribution in [3.8, 4) is 0 Å². The van der Waals surface area contributed by atoms with Crippen LogP contribution in [0.2, 0.25) is 0 Å². The van der Waals surface area contributed by atoms with Crippen LogP contribution in [0, 0.1) is 11.6 Å². The molecule has 1 heterocycles. The zero-order chi connectivity index (χ0) is 17.2. The van der Waals surface area contributed by atoms with E-state index in [9.17, 15) is 18.7 Å². The first-order valence-electron chi connectivity index (χ1n) is 8.37. The van der Waals surface area contributed by atoms with Crippen LogP contribution in [-0.4, -0.2) is 35.2 Å². The molecule has 1 saturated heterocycles. The molecule has 4 nitrogen and oxygen atoms in total. The molecule has 3 rings (SSSR count). The van der Waals surface area contributed by atoms with E-state index in [-0.39, 0.29) is 43.6 Å². The van der Waals surface area contributed by atoms with Crippen LogP contribution in [0.3, 0.4) is 0 Å². The highest BCUT2D eigenvalue weighted by Crippen LogP contribution is 2.36. The first-order chi connectivity index (χ1) is 11.5. The minimum Gasteiger partial charge on any atom is -0.385 e. The SMILES string of the molecule is O=C(N[C@H]1CC=CCC1)N1CCC(O)(c2c(F)cccc2F)CC1. The second kappa shape index (κ2) is 6.89. The fourth-order valence-corrected chi connectivity index (χ4v) is 3.46. The molecule has 0 bridgehead atoms. The summed E-state index contributed by atoms with van der Waals surface area (Å²) in [6.07, 6.45) is 7.09. The third kappa shape index (κ3) is 3.43. The maximum Gasteiger partial charge on any atom is 0.317 e. The van der Waals surface area contributed by atoms with E-state index in [4.69, 9.17) is 0 Å². The van der Waals surface area contributed by atoms with Crippen molar-refractivity contribution in [3.63, 3.8) is 0 Å². The number of nitrogens with one attached hydrogen (secondary N) is 1. The van der Waals surface area contributed by atoms with Crippen LogP contribution in [0.1, 0.15) is 37.7 Å². The summed E-state index contributed by atoms with van der Waals surface area (Å²) in [5.41, 5.74) is -1.86. The number of benzene rings is 1. The van der Waals surface area contributed by atoms with Gasteiger partial charge in [0.2, 0.25) is 0 Å². The van der Waals surface area contributed by atoms with E-state index < -0.39 is 17.2 Å². The molecule has 1 fully saturated rings. The van der Waals surface area contributed by atoms with E-state index in [1.165, 1.54) is 6.07 Å². The maximum absolute atomic E-state index is 13.9. The van der Waals surface area contributed by atoms with Gasteiger partial charge in [-0.1, -0.05) is 18.2 Å². The highest BCUT2D eigenvalue weighted by molar-refractivity contribution is 5.74. The Balaban J connectivity index is 1.62. The van der Waals surface area contributed by atoms with Gasteiger partial charge in [0.15, 0.2) is 0 Å². The van der Waals surface area contributed by atoms with Crippen molar-refractivity contribution in [2.75, 3.05) is 13.1 Å². The molecule has 0 aromatic heterocycles. The lowest BCUT2D eigenvalue weighted by Gasteiger charge is -2.39. The summed E-state index contributed by atoms with van der Waals surface area (Å²) in [6, 6.07) is 3.52. The molecule has 130 valence electrons. The lowest BCUT2D eigenvalue weighted by atomic mass is 9.84. The van der Waals surface area contributed by atoms with Gasteiger partial charge < -0.3 is 15.3 Å². The number of carbonyl (C=O) groups excluding carboxylic acids is 1. The van der Waals surface area contributed by atoms with Crippen LogP contribution in [0.25, 0.3) is 0 Å². The maximum atomic E-state index is 13.9. The van der Waals surface area contributed by atoms with Gasteiger partial charge in [0.05, 0.1) is 11.2 Å². The Morgan fingerprint density at radius 2 is 1.88 bits per heavy atom. The second-order valence-electron chi connectivity index (χ2n) is 6.55. The topological polar surface area (TPSA) is 52.6 Å². The number of urea groups is 1. The van der Waals surface area contributed by atoms with Gasteiger partial charge in [-0.05, 0) is 44.2 Å². The van der Waals surface area contributed by atoms with Gasteiger partial charge in [-0.3, -0.25) is 0 Å². The molecule has 0 unspecified atom stereocenters. The lowest BCUT2D eigenvalue weighted by Crippen LogP contribution is -2.51. The first-order valence-corrected chi connectivity index (χ1v) is 8.37. The van der Waals surface area contributed by atoms with Gasteiger partial charge in [-0.2, -0.15) is 0 Å². The van der Waals surface area contributed by atoms with E-state index in [0.29, 0.717) is 0 Å². The van der Waals surface area contributed by atoms with E-state index >= 15 is 0 Å². The minimum absolute atomic E-state index is 0.114. The summed E-state index contributed by atoms with van der Waals surface area (Å²) >= 11 is 0. The Morgan fingerprint density at radius 1 is 1.21 bits per heavy atom. The Kier molecular flexibility index (Phi) is 4.85. The monoisotopic (exact) mass is 336 g/mol. The lowest BCUT2D eigenvalue weighted by molar-refractivity contribution is -0.0225. The van der Waals surface area contributed by atoms with Crippen molar-refractivity contribution < 1.29 is 18.7 Å². The number of aliphatic hydroxyl groups is 1. The average Bonchev–Trinajstić information content (AvgIpc) is 2.56. The second-order valence-corrected chi connectivity index (χ2v) is 6.55. The van der Waals surface area contributed by atoms with Crippen LogP contribution >= 0.6 is 0 Å². The fourth-order valence-electron chi connectivity index (χ4n) is 3.46. The summed E-state index contributed by atoms with van der Waals surface area (Å²) in [5.74, 6) is -1.49. The Labute approximate surface area is 140 Å². The molecule has 1 aromatic carbocycles. The first kappa shape index (κ1) is 16.9. The molecule has 24 heavy (non-hydrogen) atoms. The smallest absolute Gasteiger partial charge is 0.317 e. The molecule has 1 aliphatic heterocycles. The number of allylic oxidation sites excluding steroid dienone is 1. The molecule has 2 N–H and O–H groups in total. The number of halogens is 2. The molecular weight excluding hydrogens is 314 g/mol. The molecule has 0 spiro atoms. The van der Waals surface area contributed by atoms with Gasteiger partial charge in [0.25, 0.3) is 0 Å². The summed E-state index contributed by atoms with van der Waals surface area (Å²) in [6.45, 7) is 0.525. The number of nitrogens with zero attached hydrogens (tertiary/aromatic N) is 1. The average molecular weight is 336 g/mol. The van der Waals surface area contributed by atoms with Gasteiger partial charge in [-0.15, -0.1) is 0 Å². The summed E-state index contributed by atoms with van der Waals surface area (Å²) in [5, 5.41) is 13.7. The highest BCUT2D eigenvalue weighted by atomic mass is 19.1. The number of hydrogen-bond acceptors (Lipinski definition) is 2. The van der Waals surface area contributed by atoms with Crippen molar-refractivity contribution in [2.24, 2.45) is 0 Å². The molecule has 2 aliphatic rings. The molecule has 1 atom stereocenters. The van der Waals surface area contributed by atoms with E-state index in [1.807, 2.05) is 0 Å². The van der Waals surface area contributed by atoms with Crippen LogP contribution in [0.4, 0.5) is 13.6 Å². The van der Waals surface area contributed by atoms with Crippen molar-refractivity contribution in [1.29, 1.82) is 0 Å². The van der Waals surface area contributed by atoms with Gasteiger partial charge >= 0.3 is 6.03 Å². The van der Waals surface area contributed by atoms with Gasteiger partial charge in [-0.25, -0.2) is 13.6 Å². The van der Waals surface area contributed by atoms with Crippen LogP contribution < -0.4 is 5.32 Å². The predicted octanol–water partition coefficient (Wildman–Crippen LogP) is 3.07. The van der Waals surface area contributed by atoms with E-state index in [0.717, 1.165) is 31.4 Å². The number of carbonyl (C=O) groups is 1. The van der Waals surface area contributed by atoms with Crippen molar-refractivity contribution in [3.05, 3.63) is 47.5 Å². The molecule has 6 heteroatoms. The van der Waals surface area contributed by atoms with Gasteiger partial charge in [0.1, 0.15) is 11.6 Å². The number of hydrogen-bond donors (Lipinski definition) is 2. The summed E-state index contributed by atoms with van der Waals surface area (Å²) < 4.78 is 27.9. The molecular formula is C18H22F2N2O2. The number of rotatable bonds is 2. The summed E-state index contributed by atoms with van der Waals surface area (Å²) in [7, 11) is 0. The number of piperidine rings is 1. The largest absolute Gasteiger partial charge is 0.385 e. The van der Waals surface area contributed by atoms with Crippen molar-refractivity contribution in [1.82, 2.24) is 10.2 Å². The number of likely N-dealkylation sites (tertiary alicyclic amines) is 1. The number of amides is 2. The zero-order valence-electron chi connectivity index (χ0n) is 13.5. The van der Waals surface area contributed by atoms with Crippen molar-refractivity contribution >= 4 is 6.03 Å². The zero-order valence-corrected chi connectivity index (χ0v) is 13.5. The molecule has 1 aliphatic carbocycles. The van der Waals surface area contributed by atoms with Crippen LogP contribution in [-0.2, 0) is 5.60 Å². The molecule has 2 amide bonds. The molecule has 0 saturated carbocycles. The van der Waals surface area contributed by atoms with E-state index in [2.05, 4.69) is 17.5 Å². The quantitative estimate of drug-likeness (QED) is 0.816. The third-order valence-corrected chi connectivity index (χ3v) is 4.90. The van der Waals surface area contributed by atoms with Crippen molar-refractivity contribution in [2.45, 2.75) is 43.7 Å². The third-order valence-electron chi connectivity index (χ3n) is 4.90. The van der Waals surface area contributed by atoms with Crippen LogP contribution in [0.15, 0.2) is 30.4 Å². The Hall–Kier alpha value is -1.95. The Bertz CT molecular complexity index is 620. The van der Waals surface area contributed by atoms with E-state index in [1.54, 1.807) is 4.90 Å².